The third-order valence-corrected chi connectivity index (χ3v) is 4.01. The summed E-state index contributed by atoms with van der Waals surface area (Å²) in [6, 6.07) is 9.35. The minimum absolute atomic E-state index is 0.0328. The summed E-state index contributed by atoms with van der Waals surface area (Å²) in [5, 5.41) is 2.97. The topological polar surface area (TPSA) is 81.2 Å². The van der Waals surface area contributed by atoms with E-state index in [0.29, 0.717) is 6.42 Å². The van der Waals surface area contributed by atoms with E-state index in [1.54, 1.807) is 0 Å². The maximum Gasteiger partial charge on any atom is 0.309 e. The molecule has 6 nitrogen and oxygen atoms in total. The molecule has 1 aliphatic carbocycles. The molecule has 3 rings (SSSR count). The van der Waals surface area contributed by atoms with Gasteiger partial charge in [0, 0.05) is 12.4 Å². The molecule has 1 aliphatic rings. The lowest BCUT2D eigenvalue weighted by molar-refractivity contribution is -0.142. The second kappa shape index (κ2) is 6.56. The maximum atomic E-state index is 12.4. The molecule has 1 amide bonds. The van der Waals surface area contributed by atoms with Crippen molar-refractivity contribution in [1.82, 2.24) is 15.3 Å². The first kappa shape index (κ1) is 15.1. The molecule has 118 valence electrons. The molecule has 0 unspecified atom stereocenters. The third kappa shape index (κ3) is 3.36. The summed E-state index contributed by atoms with van der Waals surface area (Å²) in [6.07, 6.45) is 5.11. The van der Waals surface area contributed by atoms with Crippen LogP contribution in [0, 0.1) is 11.8 Å². The van der Waals surface area contributed by atoms with Crippen molar-refractivity contribution < 1.29 is 14.3 Å². The number of ether oxygens (including phenoxy) is 1. The smallest absolute Gasteiger partial charge is 0.309 e. The van der Waals surface area contributed by atoms with Gasteiger partial charge in [-0.1, -0.05) is 30.3 Å². The van der Waals surface area contributed by atoms with Gasteiger partial charge in [0.1, 0.15) is 5.69 Å². The molecule has 3 atom stereocenters. The number of methoxy groups -OCH3 is 1. The van der Waals surface area contributed by atoms with E-state index in [-0.39, 0.29) is 35.4 Å². The number of carbonyl (C=O) groups is 2. The number of hydrogen-bond acceptors (Lipinski definition) is 5. The second-order valence-electron chi connectivity index (χ2n) is 5.48. The summed E-state index contributed by atoms with van der Waals surface area (Å²) < 4.78 is 4.81. The Morgan fingerprint density at radius 3 is 2.70 bits per heavy atom. The number of hydrogen-bond donors (Lipinski definition) is 1. The monoisotopic (exact) mass is 311 g/mol. The quantitative estimate of drug-likeness (QED) is 0.851. The van der Waals surface area contributed by atoms with Crippen molar-refractivity contribution in [2.75, 3.05) is 7.11 Å². The minimum Gasteiger partial charge on any atom is -0.469 e. The highest BCUT2D eigenvalue weighted by atomic mass is 16.5. The standard InChI is InChI=1S/C17H17N3O3/c1-23-17(22)13-9-12(13)15(11-5-3-2-4-6-11)20-16(21)14-10-18-7-8-19-14/h2-8,10,12-13,15H,9H2,1H3,(H,20,21)/t12-,13-,15+/m0/s1. The zero-order valence-electron chi connectivity index (χ0n) is 12.7. The van der Waals surface area contributed by atoms with E-state index in [1.807, 2.05) is 30.3 Å². The number of aromatic nitrogens is 2. The van der Waals surface area contributed by atoms with Gasteiger partial charge in [0.2, 0.25) is 0 Å². The van der Waals surface area contributed by atoms with E-state index in [4.69, 9.17) is 4.74 Å². The number of nitrogens with zero attached hydrogens (tertiary/aromatic N) is 2. The fraction of sp³-hybridized carbons (Fsp3) is 0.294. The van der Waals surface area contributed by atoms with Gasteiger partial charge >= 0.3 is 5.97 Å². The van der Waals surface area contributed by atoms with Gasteiger partial charge < -0.3 is 10.1 Å². The lowest BCUT2D eigenvalue weighted by Gasteiger charge is -2.19. The first-order valence-corrected chi connectivity index (χ1v) is 7.40. The number of nitrogens with one attached hydrogen (secondary N) is 1. The average Bonchev–Trinajstić information content (AvgIpc) is 3.40. The molecule has 1 saturated carbocycles. The van der Waals surface area contributed by atoms with Gasteiger partial charge in [-0.05, 0) is 17.9 Å². The van der Waals surface area contributed by atoms with Crippen LogP contribution in [-0.2, 0) is 9.53 Å². The Balaban J connectivity index is 1.80. The highest BCUT2D eigenvalue weighted by Gasteiger charge is 2.49. The van der Waals surface area contributed by atoms with Gasteiger partial charge in [0.15, 0.2) is 0 Å². The van der Waals surface area contributed by atoms with Crippen LogP contribution in [-0.4, -0.2) is 29.0 Å². The lowest BCUT2D eigenvalue weighted by Crippen LogP contribution is -2.31. The molecule has 2 aromatic rings. The molecule has 1 N–H and O–H groups in total. The van der Waals surface area contributed by atoms with Gasteiger partial charge in [-0.15, -0.1) is 0 Å². The number of rotatable bonds is 5. The average molecular weight is 311 g/mol. The van der Waals surface area contributed by atoms with Crippen molar-refractivity contribution in [3.63, 3.8) is 0 Å². The van der Waals surface area contributed by atoms with Gasteiger partial charge in [-0.2, -0.15) is 0 Å². The fourth-order valence-corrected chi connectivity index (χ4v) is 2.73. The molecular weight excluding hydrogens is 294 g/mol. The Morgan fingerprint density at radius 2 is 2.04 bits per heavy atom. The number of amides is 1. The largest absolute Gasteiger partial charge is 0.469 e. The summed E-state index contributed by atoms with van der Waals surface area (Å²) in [5.74, 6) is -0.676. The van der Waals surface area contributed by atoms with Crippen molar-refractivity contribution in [1.29, 1.82) is 0 Å². The van der Waals surface area contributed by atoms with E-state index in [1.165, 1.54) is 25.7 Å². The van der Waals surface area contributed by atoms with E-state index < -0.39 is 0 Å². The Morgan fingerprint density at radius 1 is 1.26 bits per heavy atom. The van der Waals surface area contributed by atoms with Crippen LogP contribution >= 0.6 is 0 Å². The predicted octanol–water partition coefficient (Wildman–Crippen LogP) is 1.76. The summed E-state index contributed by atoms with van der Waals surface area (Å²) in [6.45, 7) is 0. The van der Waals surface area contributed by atoms with Crippen LogP contribution in [0.5, 0.6) is 0 Å². The summed E-state index contributed by atoms with van der Waals surface area (Å²) in [4.78, 5) is 32.0. The number of benzene rings is 1. The van der Waals surface area contributed by atoms with Crippen LogP contribution in [0.1, 0.15) is 28.5 Å². The summed E-state index contributed by atoms with van der Waals surface area (Å²) in [5.41, 5.74) is 1.21. The summed E-state index contributed by atoms with van der Waals surface area (Å²) >= 11 is 0. The molecule has 1 fully saturated rings. The van der Waals surface area contributed by atoms with E-state index in [0.717, 1.165) is 5.56 Å². The van der Waals surface area contributed by atoms with E-state index in [2.05, 4.69) is 15.3 Å². The van der Waals surface area contributed by atoms with Crippen LogP contribution in [0.4, 0.5) is 0 Å². The molecule has 6 heteroatoms. The van der Waals surface area contributed by atoms with Gasteiger partial charge in [0.05, 0.1) is 25.3 Å². The molecule has 0 radical (unpaired) electrons. The molecule has 0 saturated heterocycles. The van der Waals surface area contributed by atoms with Crippen LogP contribution in [0.2, 0.25) is 0 Å². The zero-order valence-corrected chi connectivity index (χ0v) is 12.7. The third-order valence-electron chi connectivity index (χ3n) is 4.01. The van der Waals surface area contributed by atoms with E-state index >= 15 is 0 Å². The second-order valence-corrected chi connectivity index (χ2v) is 5.48. The zero-order chi connectivity index (χ0) is 16.2. The molecule has 0 spiro atoms. The highest BCUT2D eigenvalue weighted by molar-refractivity contribution is 5.92. The maximum absolute atomic E-state index is 12.4. The van der Waals surface area contributed by atoms with Crippen LogP contribution < -0.4 is 5.32 Å². The Hall–Kier alpha value is -2.76. The number of carbonyl (C=O) groups excluding carboxylic acids is 2. The molecule has 1 heterocycles. The Bertz CT molecular complexity index is 691. The van der Waals surface area contributed by atoms with Crippen LogP contribution in [0.3, 0.4) is 0 Å². The van der Waals surface area contributed by atoms with Crippen molar-refractivity contribution in [3.8, 4) is 0 Å². The lowest BCUT2D eigenvalue weighted by atomic mass is 10.0. The van der Waals surface area contributed by atoms with Crippen molar-refractivity contribution >= 4 is 11.9 Å². The highest BCUT2D eigenvalue weighted by Crippen LogP contribution is 2.48. The minimum atomic E-state index is -0.303. The molecule has 0 aliphatic heterocycles. The summed E-state index contributed by atoms with van der Waals surface area (Å²) in [7, 11) is 1.38. The first-order chi connectivity index (χ1) is 11.2. The van der Waals surface area contributed by atoms with Crippen molar-refractivity contribution in [2.24, 2.45) is 11.8 Å². The molecule has 0 bridgehead atoms. The van der Waals surface area contributed by atoms with Gasteiger partial charge in [0.25, 0.3) is 5.91 Å². The Labute approximate surface area is 133 Å². The molecule has 1 aromatic heterocycles. The molecule has 1 aromatic carbocycles. The van der Waals surface area contributed by atoms with Gasteiger partial charge in [-0.25, -0.2) is 4.98 Å². The van der Waals surface area contributed by atoms with Crippen LogP contribution in [0.15, 0.2) is 48.9 Å². The Kier molecular flexibility index (Phi) is 4.32. The van der Waals surface area contributed by atoms with Gasteiger partial charge in [-0.3, -0.25) is 14.6 Å². The van der Waals surface area contributed by atoms with Crippen molar-refractivity contribution in [2.45, 2.75) is 12.5 Å². The van der Waals surface area contributed by atoms with Crippen molar-refractivity contribution in [3.05, 3.63) is 60.2 Å². The molecular formula is C17H17N3O3. The van der Waals surface area contributed by atoms with Crippen LogP contribution in [0.25, 0.3) is 0 Å². The fourth-order valence-electron chi connectivity index (χ4n) is 2.73. The van der Waals surface area contributed by atoms with E-state index in [9.17, 15) is 9.59 Å². The number of esters is 1. The first-order valence-electron chi connectivity index (χ1n) is 7.40. The molecule has 23 heavy (non-hydrogen) atoms. The predicted molar refractivity (Wildman–Crippen MR) is 82.3 cm³/mol. The SMILES string of the molecule is COC(=O)[C@H]1C[C@@H]1[C@H](NC(=O)c1cnccn1)c1ccccc1. The normalized spacial score (nSPS) is 20.4.